The van der Waals surface area contributed by atoms with E-state index in [-0.39, 0.29) is 53.2 Å². The van der Waals surface area contributed by atoms with Gasteiger partial charge in [-0.2, -0.15) is 0 Å². The number of amidine groups is 1. The third-order valence-electron chi connectivity index (χ3n) is 7.20. The highest BCUT2D eigenvalue weighted by molar-refractivity contribution is 6.06. The molecule has 0 saturated carbocycles. The molecule has 0 fully saturated rings. The quantitative estimate of drug-likeness (QED) is 0.332. The van der Waals surface area contributed by atoms with Gasteiger partial charge in [0.25, 0.3) is 0 Å². The molecular weight excluding hydrogens is 517 g/mol. The second-order valence-electron chi connectivity index (χ2n) is 11.0. The normalized spacial score (nSPS) is 14.4. The zero-order valence-corrected chi connectivity index (χ0v) is 24.1. The Labute approximate surface area is 234 Å². The summed E-state index contributed by atoms with van der Waals surface area (Å²) in [6, 6.07) is 5.34. The molecule has 216 valence electrons. The van der Waals surface area contributed by atoms with Gasteiger partial charge < -0.3 is 28.7 Å². The summed E-state index contributed by atoms with van der Waals surface area (Å²) in [5.41, 5.74) is 2.59. The van der Waals surface area contributed by atoms with E-state index in [2.05, 4.69) is 25.7 Å². The molecule has 0 unspecified atom stereocenters. The largest absolute Gasteiger partial charge is 0.493 e. The second-order valence-corrected chi connectivity index (χ2v) is 11.0. The van der Waals surface area contributed by atoms with Gasteiger partial charge >= 0.3 is 5.97 Å². The predicted molar refractivity (Wildman–Crippen MR) is 150 cm³/mol. The molecule has 2 aromatic rings. The van der Waals surface area contributed by atoms with Crippen molar-refractivity contribution in [3.63, 3.8) is 0 Å². The Balaban J connectivity index is 1.60. The number of ether oxygens (including phenoxy) is 4. The minimum atomic E-state index is -0.670. The van der Waals surface area contributed by atoms with Crippen LogP contribution in [0, 0.1) is 11.2 Å². The minimum absolute atomic E-state index is 0.0632. The molecule has 2 heterocycles. The van der Waals surface area contributed by atoms with Gasteiger partial charge in [0.2, 0.25) is 0 Å². The van der Waals surface area contributed by atoms with Crippen LogP contribution in [0.25, 0.3) is 0 Å². The van der Waals surface area contributed by atoms with Gasteiger partial charge in [0.05, 0.1) is 45.2 Å². The van der Waals surface area contributed by atoms with Crippen molar-refractivity contribution in [2.45, 2.75) is 52.5 Å². The monoisotopic (exact) mass is 555 g/mol. The van der Waals surface area contributed by atoms with Crippen molar-refractivity contribution in [2.24, 2.45) is 0 Å². The van der Waals surface area contributed by atoms with Gasteiger partial charge in [-0.1, -0.05) is 20.8 Å². The highest BCUT2D eigenvalue weighted by Gasteiger charge is 2.34. The second kappa shape index (κ2) is 11.7. The number of esters is 1. The summed E-state index contributed by atoms with van der Waals surface area (Å²) >= 11 is 0. The van der Waals surface area contributed by atoms with E-state index < -0.39 is 5.82 Å². The number of hydrogen-bond acceptors (Lipinski definition) is 8. The molecular formula is C30H38FN3O6. The van der Waals surface area contributed by atoms with Crippen molar-refractivity contribution in [1.29, 1.82) is 5.41 Å². The lowest BCUT2D eigenvalue weighted by Gasteiger charge is -2.35. The first-order valence-corrected chi connectivity index (χ1v) is 13.5. The van der Waals surface area contributed by atoms with Crippen LogP contribution in [0.1, 0.15) is 67.6 Å². The summed E-state index contributed by atoms with van der Waals surface area (Å²) in [7, 11) is 2.78. The number of Topliss-reactive ketones (excluding diaryl/α,β-unsaturated/α-hetero) is 1. The van der Waals surface area contributed by atoms with Gasteiger partial charge in [0.15, 0.2) is 23.1 Å². The maximum absolute atomic E-state index is 15.2. The molecule has 9 nitrogen and oxygen atoms in total. The molecule has 0 bridgehead atoms. The number of carbonyl (C=O) groups excluding carboxylic acids is 2. The molecule has 0 aliphatic carbocycles. The smallest absolute Gasteiger partial charge is 0.305 e. The van der Waals surface area contributed by atoms with Crippen molar-refractivity contribution >= 4 is 23.3 Å². The number of hydrogen-bond donors (Lipinski definition) is 1. The molecule has 4 rings (SSSR count). The first-order chi connectivity index (χ1) is 19.0. The minimum Gasteiger partial charge on any atom is -0.493 e. The average Bonchev–Trinajstić information content (AvgIpc) is 3.22. The molecule has 2 aromatic carbocycles. The molecule has 10 heteroatoms. The fourth-order valence-corrected chi connectivity index (χ4v) is 5.20. The van der Waals surface area contributed by atoms with Crippen LogP contribution in [-0.4, -0.2) is 69.6 Å². The third-order valence-corrected chi connectivity index (χ3v) is 7.20. The van der Waals surface area contributed by atoms with Crippen molar-refractivity contribution in [1.82, 2.24) is 4.90 Å². The lowest BCUT2D eigenvalue weighted by atomic mass is 9.84. The fraction of sp³-hybridized carbons (Fsp3) is 0.500. The highest BCUT2D eigenvalue weighted by Crippen LogP contribution is 2.43. The van der Waals surface area contributed by atoms with Crippen LogP contribution >= 0.6 is 0 Å². The summed E-state index contributed by atoms with van der Waals surface area (Å²) in [5, 5.41) is 8.62. The molecule has 1 N–H and O–H groups in total. The average molecular weight is 556 g/mol. The van der Waals surface area contributed by atoms with Gasteiger partial charge in [0, 0.05) is 30.6 Å². The van der Waals surface area contributed by atoms with Crippen molar-refractivity contribution < 1.29 is 32.9 Å². The van der Waals surface area contributed by atoms with Crippen LogP contribution in [-0.2, 0) is 21.5 Å². The van der Waals surface area contributed by atoms with Gasteiger partial charge in [-0.05, 0) is 42.5 Å². The standard InChI is InChI=1S/C30H38FN3O6/c1-7-39-24(36)9-8-10-33-11-12-40-27-20(30(2,3)4)13-18(14-21(27)33)22(35)17-34-16-19-15-23(37-5)28(38-6)26(31)25(19)29(34)32/h13-15,32H,7-12,16-17H2,1-6H3. The van der Waals surface area contributed by atoms with E-state index in [9.17, 15) is 9.59 Å². The molecule has 0 atom stereocenters. The van der Waals surface area contributed by atoms with E-state index in [4.69, 9.17) is 24.4 Å². The zero-order valence-electron chi connectivity index (χ0n) is 24.1. The topological polar surface area (TPSA) is 101 Å². The molecule has 0 amide bonds. The number of rotatable bonds is 10. The molecule has 0 saturated heterocycles. The van der Waals surface area contributed by atoms with E-state index in [1.54, 1.807) is 17.9 Å². The Morgan fingerprint density at radius 3 is 2.52 bits per heavy atom. The fourth-order valence-electron chi connectivity index (χ4n) is 5.20. The van der Waals surface area contributed by atoms with Gasteiger partial charge in [0.1, 0.15) is 18.2 Å². The Hall–Kier alpha value is -3.82. The third kappa shape index (κ3) is 5.71. The zero-order chi connectivity index (χ0) is 29.2. The van der Waals surface area contributed by atoms with Crippen molar-refractivity contribution in [3.05, 3.63) is 46.3 Å². The van der Waals surface area contributed by atoms with Gasteiger partial charge in [-0.25, -0.2) is 4.39 Å². The van der Waals surface area contributed by atoms with Crippen molar-refractivity contribution in [2.75, 3.05) is 52.0 Å². The number of nitrogens with one attached hydrogen (secondary N) is 1. The number of methoxy groups -OCH3 is 2. The Morgan fingerprint density at radius 1 is 1.12 bits per heavy atom. The lowest BCUT2D eigenvalue weighted by Crippen LogP contribution is -2.36. The number of nitrogens with zero attached hydrogens (tertiary/aromatic N) is 2. The van der Waals surface area contributed by atoms with Crippen LogP contribution in [0.4, 0.5) is 10.1 Å². The number of fused-ring (bicyclic) bond motifs is 2. The van der Waals surface area contributed by atoms with Crippen LogP contribution < -0.4 is 19.1 Å². The van der Waals surface area contributed by atoms with E-state index in [0.29, 0.717) is 50.3 Å². The van der Waals surface area contributed by atoms with Crippen LogP contribution in [0.3, 0.4) is 0 Å². The van der Waals surface area contributed by atoms with Crippen LogP contribution in [0.5, 0.6) is 17.2 Å². The van der Waals surface area contributed by atoms with E-state index in [1.165, 1.54) is 14.2 Å². The van der Waals surface area contributed by atoms with Crippen LogP contribution in [0.2, 0.25) is 0 Å². The maximum Gasteiger partial charge on any atom is 0.305 e. The number of ketones is 1. The van der Waals surface area contributed by atoms with E-state index >= 15 is 4.39 Å². The van der Waals surface area contributed by atoms with Crippen LogP contribution in [0.15, 0.2) is 18.2 Å². The predicted octanol–water partition coefficient (Wildman–Crippen LogP) is 4.71. The SMILES string of the molecule is CCOC(=O)CCCN1CCOc2c1cc(C(=O)CN1Cc3cc(OC)c(OC)c(F)c3C1=N)cc2C(C)(C)C. The summed E-state index contributed by atoms with van der Waals surface area (Å²) in [5.74, 6) is -0.234. The Kier molecular flexibility index (Phi) is 8.56. The molecule has 0 radical (unpaired) electrons. The Morgan fingerprint density at radius 2 is 1.88 bits per heavy atom. The van der Waals surface area contributed by atoms with Gasteiger partial charge in [-0.3, -0.25) is 15.0 Å². The number of benzene rings is 2. The maximum atomic E-state index is 15.2. The summed E-state index contributed by atoms with van der Waals surface area (Å²) < 4.78 is 36.8. The highest BCUT2D eigenvalue weighted by atomic mass is 19.1. The van der Waals surface area contributed by atoms with E-state index in [0.717, 1.165) is 17.0 Å². The number of halogens is 1. The molecule has 2 aliphatic rings. The first-order valence-electron chi connectivity index (χ1n) is 13.5. The molecule has 0 spiro atoms. The lowest BCUT2D eigenvalue weighted by molar-refractivity contribution is -0.143. The molecule has 40 heavy (non-hydrogen) atoms. The van der Waals surface area contributed by atoms with Gasteiger partial charge in [-0.15, -0.1) is 0 Å². The molecule has 0 aromatic heterocycles. The first kappa shape index (κ1) is 29.2. The van der Waals surface area contributed by atoms with E-state index in [1.807, 2.05) is 12.1 Å². The molecule has 2 aliphatic heterocycles. The summed E-state index contributed by atoms with van der Waals surface area (Å²) in [4.78, 5) is 29.2. The van der Waals surface area contributed by atoms with Crippen molar-refractivity contribution in [3.8, 4) is 17.2 Å². The Bertz CT molecular complexity index is 1320. The summed E-state index contributed by atoms with van der Waals surface area (Å²) in [6.07, 6.45) is 0.929. The number of carbonyl (C=O) groups is 2. The summed E-state index contributed by atoms with van der Waals surface area (Å²) in [6.45, 7) is 10.2. The number of anilines is 1.